The van der Waals surface area contributed by atoms with E-state index in [-0.39, 0.29) is 6.54 Å². The fraction of sp³-hybridized carbons (Fsp3) is 0.483. The summed E-state index contributed by atoms with van der Waals surface area (Å²) in [5.41, 5.74) is 8.18. The molecular weight excluding hydrogens is 495 g/mol. The van der Waals surface area contributed by atoms with Gasteiger partial charge in [0, 0.05) is 18.1 Å². The second-order valence-corrected chi connectivity index (χ2v) is 10.2. The highest BCUT2D eigenvalue weighted by molar-refractivity contribution is 5.85. The summed E-state index contributed by atoms with van der Waals surface area (Å²) in [7, 11) is 1.59. The standard InChI is InChI=1S/C29H36F3N3O3/c1-38-20-5-6-24-21(15-20)27(19(16-33)17-35-24)25(36)7-8-29(9-11-34-12-10-29)26(37)4-2-3-18-13-22(30)28(32)23(31)14-18/h5-6,13-15,17,25-26,34,36-37H,2-4,7-12,16,33H2,1H3/t25-,26+/m1/s1. The van der Waals surface area contributed by atoms with E-state index < -0.39 is 35.1 Å². The third kappa shape index (κ3) is 6.12. The smallest absolute Gasteiger partial charge is 0.194 e. The summed E-state index contributed by atoms with van der Waals surface area (Å²) in [5.74, 6) is -3.22. The maximum absolute atomic E-state index is 13.6. The quantitative estimate of drug-likeness (QED) is 0.268. The van der Waals surface area contributed by atoms with Crippen molar-refractivity contribution in [3.8, 4) is 5.75 Å². The molecule has 1 aliphatic rings. The lowest BCUT2D eigenvalue weighted by atomic mass is 9.69. The van der Waals surface area contributed by atoms with Crippen LogP contribution in [0.2, 0.25) is 0 Å². The normalized spacial score (nSPS) is 16.9. The molecule has 38 heavy (non-hydrogen) atoms. The molecule has 0 radical (unpaired) electrons. The molecule has 2 aromatic carbocycles. The van der Waals surface area contributed by atoms with Gasteiger partial charge in [-0.3, -0.25) is 4.98 Å². The molecule has 1 fully saturated rings. The number of fused-ring (bicyclic) bond motifs is 1. The van der Waals surface area contributed by atoms with Crippen LogP contribution in [0.4, 0.5) is 13.2 Å². The van der Waals surface area contributed by atoms with Gasteiger partial charge in [0.1, 0.15) is 5.75 Å². The minimum Gasteiger partial charge on any atom is -0.497 e. The number of aromatic nitrogens is 1. The Morgan fingerprint density at radius 2 is 1.79 bits per heavy atom. The highest BCUT2D eigenvalue weighted by atomic mass is 19.2. The number of hydrogen-bond donors (Lipinski definition) is 4. The van der Waals surface area contributed by atoms with Crippen LogP contribution in [-0.4, -0.2) is 41.5 Å². The van der Waals surface area contributed by atoms with Crippen molar-refractivity contribution in [1.29, 1.82) is 0 Å². The SMILES string of the molecule is COc1ccc2ncc(CN)c([C@H](O)CCC3([C@@H](O)CCCc4cc(F)c(F)c(F)c4)CCNCC3)c2c1. The lowest BCUT2D eigenvalue weighted by Crippen LogP contribution is -2.44. The molecule has 206 valence electrons. The number of rotatable bonds is 11. The summed E-state index contributed by atoms with van der Waals surface area (Å²) in [5, 5.41) is 26.8. The number of methoxy groups -OCH3 is 1. The predicted octanol–water partition coefficient (Wildman–Crippen LogP) is 4.69. The Kier molecular flexibility index (Phi) is 9.25. The van der Waals surface area contributed by atoms with Crippen molar-refractivity contribution in [3.05, 3.63) is 70.7 Å². The van der Waals surface area contributed by atoms with Gasteiger partial charge in [-0.15, -0.1) is 0 Å². The van der Waals surface area contributed by atoms with Gasteiger partial charge in [-0.2, -0.15) is 0 Å². The zero-order valence-electron chi connectivity index (χ0n) is 21.7. The molecular formula is C29H36F3N3O3. The number of nitrogens with two attached hydrogens (primary N) is 1. The van der Waals surface area contributed by atoms with Gasteiger partial charge in [-0.05, 0) is 110 Å². The van der Waals surface area contributed by atoms with Crippen LogP contribution >= 0.6 is 0 Å². The maximum Gasteiger partial charge on any atom is 0.194 e. The number of pyridine rings is 1. The molecule has 0 spiro atoms. The molecule has 5 N–H and O–H groups in total. The van der Waals surface area contributed by atoms with Gasteiger partial charge in [-0.1, -0.05) is 0 Å². The number of ether oxygens (including phenoxy) is 1. The Labute approximate surface area is 221 Å². The molecule has 0 bridgehead atoms. The highest BCUT2D eigenvalue weighted by Crippen LogP contribution is 2.42. The van der Waals surface area contributed by atoms with Crippen molar-refractivity contribution < 1.29 is 28.1 Å². The van der Waals surface area contributed by atoms with Gasteiger partial charge in [-0.25, -0.2) is 13.2 Å². The average Bonchev–Trinajstić information content (AvgIpc) is 2.93. The van der Waals surface area contributed by atoms with Gasteiger partial charge in [0.25, 0.3) is 0 Å². The zero-order valence-corrected chi connectivity index (χ0v) is 21.7. The minimum absolute atomic E-state index is 0.231. The van der Waals surface area contributed by atoms with Gasteiger partial charge >= 0.3 is 0 Å². The van der Waals surface area contributed by atoms with Gasteiger partial charge in [0.15, 0.2) is 17.5 Å². The molecule has 1 saturated heterocycles. The number of benzene rings is 2. The van der Waals surface area contributed by atoms with E-state index in [2.05, 4.69) is 10.3 Å². The van der Waals surface area contributed by atoms with E-state index in [1.807, 2.05) is 18.2 Å². The summed E-state index contributed by atoms with van der Waals surface area (Å²) < 4.78 is 45.8. The Balaban J connectivity index is 1.48. The van der Waals surface area contributed by atoms with Crippen molar-refractivity contribution in [2.45, 2.75) is 63.7 Å². The number of aryl methyl sites for hydroxylation is 1. The van der Waals surface area contributed by atoms with E-state index in [1.165, 1.54) is 0 Å². The third-order valence-corrected chi connectivity index (χ3v) is 7.96. The Bertz CT molecular complexity index is 1220. The van der Waals surface area contributed by atoms with Crippen LogP contribution in [0, 0.1) is 22.9 Å². The molecule has 9 heteroatoms. The summed E-state index contributed by atoms with van der Waals surface area (Å²) in [6, 6.07) is 7.54. The molecule has 0 aliphatic carbocycles. The number of aliphatic hydroxyl groups excluding tert-OH is 2. The maximum atomic E-state index is 13.6. The second kappa shape index (κ2) is 12.4. The lowest BCUT2D eigenvalue weighted by Gasteiger charge is -2.42. The fourth-order valence-corrected chi connectivity index (χ4v) is 5.72. The first kappa shape index (κ1) is 28.3. The van der Waals surface area contributed by atoms with E-state index >= 15 is 0 Å². The first-order valence-electron chi connectivity index (χ1n) is 13.1. The van der Waals surface area contributed by atoms with Crippen LogP contribution in [0.3, 0.4) is 0 Å². The monoisotopic (exact) mass is 531 g/mol. The highest BCUT2D eigenvalue weighted by Gasteiger charge is 2.39. The molecule has 1 aromatic heterocycles. The van der Waals surface area contributed by atoms with E-state index in [0.717, 1.165) is 60.1 Å². The van der Waals surface area contributed by atoms with Gasteiger partial charge in [0.2, 0.25) is 0 Å². The Morgan fingerprint density at radius 3 is 2.45 bits per heavy atom. The summed E-state index contributed by atoms with van der Waals surface area (Å²) in [6.07, 6.45) is 3.99. The van der Waals surface area contributed by atoms with Crippen molar-refractivity contribution in [3.63, 3.8) is 0 Å². The number of halogens is 3. The number of piperidine rings is 1. The van der Waals surface area contributed by atoms with Crippen LogP contribution in [0.15, 0.2) is 36.5 Å². The summed E-state index contributed by atoms with van der Waals surface area (Å²) in [6.45, 7) is 1.74. The molecule has 2 heterocycles. The molecule has 0 saturated carbocycles. The lowest BCUT2D eigenvalue weighted by molar-refractivity contribution is -0.0209. The first-order chi connectivity index (χ1) is 18.3. The van der Waals surface area contributed by atoms with Crippen LogP contribution in [0.1, 0.15) is 61.3 Å². The fourth-order valence-electron chi connectivity index (χ4n) is 5.72. The van der Waals surface area contributed by atoms with Crippen molar-refractivity contribution in [2.24, 2.45) is 11.1 Å². The van der Waals surface area contributed by atoms with Crippen molar-refractivity contribution in [2.75, 3.05) is 20.2 Å². The Morgan fingerprint density at radius 1 is 1.08 bits per heavy atom. The van der Waals surface area contributed by atoms with Crippen molar-refractivity contribution >= 4 is 10.9 Å². The number of hydrogen-bond acceptors (Lipinski definition) is 6. The summed E-state index contributed by atoms with van der Waals surface area (Å²) in [4.78, 5) is 4.47. The number of nitrogens with one attached hydrogen (secondary N) is 1. The molecule has 3 aromatic rings. The Hall–Kier alpha value is -2.72. The number of aliphatic hydroxyl groups is 2. The molecule has 6 nitrogen and oxygen atoms in total. The molecule has 0 amide bonds. The van der Waals surface area contributed by atoms with E-state index in [9.17, 15) is 23.4 Å². The second-order valence-electron chi connectivity index (χ2n) is 10.2. The third-order valence-electron chi connectivity index (χ3n) is 7.96. The minimum atomic E-state index is -1.47. The van der Waals surface area contributed by atoms with Crippen LogP contribution in [0.5, 0.6) is 5.75 Å². The van der Waals surface area contributed by atoms with E-state index in [4.69, 9.17) is 10.5 Å². The van der Waals surface area contributed by atoms with Crippen LogP contribution in [-0.2, 0) is 13.0 Å². The largest absolute Gasteiger partial charge is 0.497 e. The van der Waals surface area contributed by atoms with Crippen LogP contribution in [0.25, 0.3) is 10.9 Å². The average molecular weight is 532 g/mol. The molecule has 2 atom stereocenters. The topological polar surface area (TPSA) is 101 Å². The van der Waals surface area contributed by atoms with Crippen LogP contribution < -0.4 is 15.8 Å². The van der Waals surface area contributed by atoms with Crippen molar-refractivity contribution in [1.82, 2.24) is 10.3 Å². The molecule has 0 unspecified atom stereocenters. The van der Waals surface area contributed by atoms with E-state index in [1.54, 1.807) is 13.3 Å². The van der Waals surface area contributed by atoms with Gasteiger partial charge in [0.05, 0.1) is 24.8 Å². The first-order valence-corrected chi connectivity index (χ1v) is 13.1. The molecule has 4 rings (SSSR count). The zero-order chi connectivity index (χ0) is 27.3. The van der Waals surface area contributed by atoms with Gasteiger partial charge < -0.3 is 26.0 Å². The predicted molar refractivity (Wildman–Crippen MR) is 140 cm³/mol. The molecule has 1 aliphatic heterocycles. The van der Waals surface area contributed by atoms with E-state index in [0.29, 0.717) is 43.4 Å². The number of nitrogens with zero attached hydrogens (tertiary/aromatic N) is 1. The summed E-state index contributed by atoms with van der Waals surface area (Å²) >= 11 is 0.